The molecule has 0 radical (unpaired) electrons. The van der Waals surface area contributed by atoms with E-state index in [0.29, 0.717) is 23.2 Å². The van der Waals surface area contributed by atoms with E-state index < -0.39 is 6.10 Å². The van der Waals surface area contributed by atoms with Gasteiger partial charge in [0.2, 0.25) is 0 Å². The monoisotopic (exact) mass is 505 g/mol. The number of fused-ring (bicyclic) bond motifs is 2. The molecule has 3 heterocycles. The molecular formula is C27H24ClN3O5. The van der Waals surface area contributed by atoms with E-state index >= 15 is 0 Å². The second-order valence-electron chi connectivity index (χ2n) is 8.94. The maximum atomic E-state index is 11.8. The third-order valence-corrected chi connectivity index (χ3v) is 7.01. The van der Waals surface area contributed by atoms with Crippen molar-refractivity contribution in [1.82, 2.24) is 15.3 Å². The average Bonchev–Trinajstić information content (AvgIpc) is 3.60. The summed E-state index contributed by atoms with van der Waals surface area (Å²) in [6, 6.07) is 19.7. The fraction of sp³-hybridized carbons (Fsp3) is 0.259. The molecule has 8 nitrogen and oxygen atoms in total. The SMILES string of the molecule is CNC(=O)c1ccc(-c2ccc(-c3cc4nc(O[C@@H]5CO[C@H]6[C@@H]5OC[C@H]6O)[nH]c4cc3Cl)cc2)cc1. The molecule has 0 bridgehead atoms. The predicted octanol–water partition coefficient (Wildman–Crippen LogP) is 3.82. The van der Waals surface area contributed by atoms with Gasteiger partial charge in [0.25, 0.3) is 11.9 Å². The number of carbonyl (C=O) groups excluding carboxylic acids is 1. The van der Waals surface area contributed by atoms with Gasteiger partial charge >= 0.3 is 0 Å². The Morgan fingerprint density at radius 2 is 1.69 bits per heavy atom. The summed E-state index contributed by atoms with van der Waals surface area (Å²) in [5.74, 6) is -0.111. The zero-order valence-electron chi connectivity index (χ0n) is 19.4. The van der Waals surface area contributed by atoms with Crippen LogP contribution in [0.4, 0.5) is 0 Å². The standard InChI is InChI=1S/C27H24ClN3O5/c1-29-26(33)17-8-4-15(5-9-17)14-2-6-16(7-3-14)18-10-20-21(11-19(18)28)31-27(30-20)36-23-13-35-24-22(32)12-34-25(23)24/h2-11,22-25,32H,12-13H2,1H3,(H,29,33)(H,30,31)/t22-,23-,24-,25-/m1/s1. The van der Waals surface area contributed by atoms with Crippen LogP contribution in [0.1, 0.15) is 10.4 Å². The lowest BCUT2D eigenvalue weighted by molar-refractivity contribution is 0.00706. The quantitative estimate of drug-likeness (QED) is 0.381. The zero-order chi connectivity index (χ0) is 24.8. The number of aromatic amines is 1. The summed E-state index contributed by atoms with van der Waals surface area (Å²) in [7, 11) is 1.62. The molecule has 3 N–H and O–H groups in total. The summed E-state index contributed by atoms with van der Waals surface area (Å²) in [6.45, 7) is 0.574. The molecule has 2 saturated heterocycles. The number of ether oxygens (including phenoxy) is 3. The van der Waals surface area contributed by atoms with Crippen LogP contribution in [0, 0.1) is 0 Å². The van der Waals surface area contributed by atoms with E-state index in [0.717, 1.165) is 33.3 Å². The zero-order valence-corrected chi connectivity index (χ0v) is 20.2. The van der Waals surface area contributed by atoms with Gasteiger partial charge in [0.05, 0.1) is 29.3 Å². The van der Waals surface area contributed by atoms with Gasteiger partial charge in [-0.05, 0) is 41.0 Å². The normalized spacial score (nSPS) is 23.1. The summed E-state index contributed by atoms with van der Waals surface area (Å²) < 4.78 is 17.3. The Morgan fingerprint density at radius 3 is 2.42 bits per heavy atom. The summed E-state index contributed by atoms with van der Waals surface area (Å²) in [5.41, 5.74) is 5.96. The Labute approximate surface area is 212 Å². The minimum absolute atomic E-state index is 0.111. The number of hydrogen-bond acceptors (Lipinski definition) is 6. The third kappa shape index (κ3) is 4.12. The number of imidazole rings is 1. The number of nitrogens with one attached hydrogen (secondary N) is 2. The van der Waals surface area contributed by atoms with Crippen molar-refractivity contribution < 1.29 is 24.1 Å². The first kappa shape index (κ1) is 23.0. The first-order chi connectivity index (χ1) is 17.5. The summed E-state index contributed by atoms with van der Waals surface area (Å²) >= 11 is 6.63. The van der Waals surface area contributed by atoms with E-state index in [4.69, 9.17) is 25.8 Å². The van der Waals surface area contributed by atoms with Crippen molar-refractivity contribution in [3.8, 4) is 28.3 Å². The van der Waals surface area contributed by atoms with Crippen LogP contribution in [0.3, 0.4) is 0 Å². The van der Waals surface area contributed by atoms with Gasteiger partial charge in [-0.3, -0.25) is 4.79 Å². The van der Waals surface area contributed by atoms with E-state index in [1.165, 1.54) is 0 Å². The van der Waals surface area contributed by atoms with E-state index in [2.05, 4.69) is 15.3 Å². The third-order valence-electron chi connectivity index (χ3n) is 6.70. The molecule has 0 spiro atoms. The Kier molecular flexibility index (Phi) is 5.89. The lowest BCUT2D eigenvalue weighted by Gasteiger charge is -2.15. The second kappa shape index (κ2) is 9.22. The number of aromatic nitrogens is 2. The maximum absolute atomic E-state index is 11.8. The number of carbonyl (C=O) groups is 1. The molecule has 1 amide bonds. The number of nitrogens with zero attached hydrogens (tertiary/aromatic N) is 1. The average molecular weight is 506 g/mol. The molecule has 0 saturated carbocycles. The topological polar surface area (TPSA) is 106 Å². The van der Waals surface area contributed by atoms with Crippen molar-refractivity contribution in [2.75, 3.05) is 20.3 Å². The molecule has 2 aliphatic rings. The molecule has 4 aromatic rings. The maximum Gasteiger partial charge on any atom is 0.295 e. The van der Waals surface area contributed by atoms with Crippen LogP contribution in [0.5, 0.6) is 6.01 Å². The summed E-state index contributed by atoms with van der Waals surface area (Å²) in [4.78, 5) is 19.5. The molecule has 2 aliphatic heterocycles. The van der Waals surface area contributed by atoms with Crippen LogP contribution in [-0.4, -0.2) is 65.7 Å². The van der Waals surface area contributed by atoms with Gasteiger partial charge in [-0.25, -0.2) is 0 Å². The first-order valence-corrected chi connectivity index (χ1v) is 12.1. The molecule has 1 aromatic heterocycles. The fourth-order valence-corrected chi connectivity index (χ4v) is 5.05. The van der Waals surface area contributed by atoms with Crippen molar-refractivity contribution >= 4 is 28.5 Å². The van der Waals surface area contributed by atoms with Crippen molar-refractivity contribution in [1.29, 1.82) is 0 Å². The Bertz CT molecular complexity index is 1420. The molecule has 6 rings (SSSR count). The molecule has 36 heavy (non-hydrogen) atoms. The lowest BCUT2D eigenvalue weighted by atomic mass is 9.99. The van der Waals surface area contributed by atoms with Gasteiger partial charge in [-0.1, -0.05) is 48.0 Å². The summed E-state index contributed by atoms with van der Waals surface area (Å²) in [5, 5.41) is 13.1. The second-order valence-corrected chi connectivity index (χ2v) is 9.35. The number of rotatable bonds is 5. The van der Waals surface area contributed by atoms with Crippen LogP contribution < -0.4 is 10.1 Å². The fourth-order valence-electron chi connectivity index (χ4n) is 4.77. The van der Waals surface area contributed by atoms with E-state index in [1.807, 2.05) is 60.7 Å². The highest BCUT2D eigenvalue weighted by molar-refractivity contribution is 6.34. The highest BCUT2D eigenvalue weighted by Gasteiger charge is 2.48. The molecule has 3 aromatic carbocycles. The minimum atomic E-state index is -0.631. The van der Waals surface area contributed by atoms with Gasteiger partial charge in [-0.2, -0.15) is 4.98 Å². The van der Waals surface area contributed by atoms with Crippen LogP contribution in [0.25, 0.3) is 33.3 Å². The molecule has 0 aliphatic carbocycles. The number of hydrogen-bond donors (Lipinski definition) is 3. The molecule has 2 fully saturated rings. The number of halogens is 1. The van der Waals surface area contributed by atoms with Crippen molar-refractivity contribution in [3.05, 3.63) is 71.2 Å². The highest BCUT2D eigenvalue weighted by Crippen LogP contribution is 2.35. The predicted molar refractivity (Wildman–Crippen MR) is 135 cm³/mol. The number of benzene rings is 3. The van der Waals surface area contributed by atoms with E-state index in [-0.39, 0.29) is 30.8 Å². The molecular weight excluding hydrogens is 482 g/mol. The van der Waals surface area contributed by atoms with Gasteiger partial charge in [0.15, 0.2) is 6.10 Å². The Hall–Kier alpha value is -3.43. The molecule has 4 atom stereocenters. The molecule has 0 unspecified atom stereocenters. The van der Waals surface area contributed by atoms with Gasteiger partial charge < -0.3 is 29.6 Å². The number of aliphatic hydroxyl groups excluding tert-OH is 1. The van der Waals surface area contributed by atoms with Crippen LogP contribution in [-0.2, 0) is 9.47 Å². The smallest absolute Gasteiger partial charge is 0.295 e. The van der Waals surface area contributed by atoms with Gasteiger partial charge in [-0.15, -0.1) is 0 Å². The first-order valence-electron chi connectivity index (χ1n) is 11.7. The van der Waals surface area contributed by atoms with E-state index in [9.17, 15) is 9.90 Å². The summed E-state index contributed by atoms with van der Waals surface area (Å²) in [6.07, 6.45) is -1.65. The largest absolute Gasteiger partial charge is 0.456 e. The van der Waals surface area contributed by atoms with Crippen molar-refractivity contribution in [2.24, 2.45) is 0 Å². The molecule has 184 valence electrons. The van der Waals surface area contributed by atoms with Gasteiger partial charge in [0.1, 0.15) is 18.3 Å². The van der Waals surface area contributed by atoms with Crippen molar-refractivity contribution in [3.63, 3.8) is 0 Å². The van der Waals surface area contributed by atoms with Crippen LogP contribution in [0.2, 0.25) is 5.02 Å². The Balaban J connectivity index is 1.22. The lowest BCUT2D eigenvalue weighted by Crippen LogP contribution is -2.34. The molecule has 9 heteroatoms. The van der Waals surface area contributed by atoms with Crippen LogP contribution >= 0.6 is 11.6 Å². The van der Waals surface area contributed by atoms with E-state index in [1.54, 1.807) is 7.05 Å². The number of H-pyrrole nitrogens is 1. The van der Waals surface area contributed by atoms with Crippen molar-refractivity contribution in [2.45, 2.75) is 24.4 Å². The van der Waals surface area contributed by atoms with Crippen LogP contribution in [0.15, 0.2) is 60.7 Å². The number of amides is 1. The highest BCUT2D eigenvalue weighted by atomic mass is 35.5. The minimum Gasteiger partial charge on any atom is -0.456 e. The Morgan fingerprint density at radius 1 is 1.03 bits per heavy atom. The van der Waals surface area contributed by atoms with Gasteiger partial charge in [0, 0.05) is 18.2 Å². The number of aliphatic hydroxyl groups is 1.